The van der Waals surface area contributed by atoms with Gasteiger partial charge in [-0.25, -0.2) is 0 Å². The Kier molecular flexibility index (Phi) is 5.95. The van der Waals surface area contributed by atoms with Crippen LogP contribution in [0.2, 0.25) is 0 Å². The van der Waals surface area contributed by atoms with E-state index in [-0.39, 0.29) is 6.54 Å². The van der Waals surface area contributed by atoms with Crippen LogP contribution in [0.3, 0.4) is 0 Å². The summed E-state index contributed by atoms with van der Waals surface area (Å²) in [6.07, 6.45) is 0.671. The van der Waals surface area contributed by atoms with Crippen LogP contribution in [0, 0.1) is 0 Å². The Morgan fingerprint density at radius 2 is 1.74 bits per heavy atom. The Hall–Kier alpha value is -1.95. The molecule has 0 aliphatic heterocycles. The van der Waals surface area contributed by atoms with Gasteiger partial charge in [0.05, 0.1) is 27.9 Å². The molecule has 1 aromatic rings. The first kappa shape index (κ1) is 15.1. The molecule has 6 heteroatoms. The van der Waals surface area contributed by atoms with Gasteiger partial charge in [-0.05, 0) is 30.7 Å². The molecule has 0 saturated heterocycles. The highest BCUT2D eigenvalue weighted by Crippen LogP contribution is 2.38. The van der Waals surface area contributed by atoms with Crippen molar-refractivity contribution in [1.29, 1.82) is 0 Å². The normalized spacial score (nSPS) is 10.1. The number of ether oxygens (including phenoxy) is 3. The van der Waals surface area contributed by atoms with Crippen molar-refractivity contribution in [2.75, 3.05) is 34.4 Å². The van der Waals surface area contributed by atoms with Crippen LogP contribution in [-0.4, -0.2) is 45.5 Å². The third-order valence-corrected chi connectivity index (χ3v) is 2.59. The molecular formula is C13H19NO5. The summed E-state index contributed by atoms with van der Waals surface area (Å²) in [5.41, 5.74) is 0.979. The highest BCUT2D eigenvalue weighted by Gasteiger charge is 2.12. The van der Waals surface area contributed by atoms with Gasteiger partial charge in [-0.3, -0.25) is 4.79 Å². The lowest BCUT2D eigenvalue weighted by atomic mass is 10.1. The summed E-state index contributed by atoms with van der Waals surface area (Å²) >= 11 is 0. The van der Waals surface area contributed by atoms with Crippen LogP contribution in [0.1, 0.15) is 5.56 Å². The molecule has 0 aliphatic rings. The van der Waals surface area contributed by atoms with Crippen LogP contribution in [0.15, 0.2) is 12.1 Å². The maximum Gasteiger partial charge on any atom is 0.317 e. The maximum atomic E-state index is 10.4. The number of aliphatic carboxylic acids is 1. The standard InChI is InChI=1S/C13H19NO5/c1-17-10-6-9(4-5-14-8-12(15)16)7-11(18-2)13(10)19-3/h6-7,14H,4-5,8H2,1-3H3,(H,15,16). The highest BCUT2D eigenvalue weighted by molar-refractivity contribution is 5.69. The number of carbonyl (C=O) groups is 1. The third kappa shape index (κ3) is 4.33. The summed E-state index contributed by atoms with van der Waals surface area (Å²) in [6.45, 7) is 0.509. The molecule has 0 bridgehead atoms. The molecule has 1 aromatic carbocycles. The fourth-order valence-electron chi connectivity index (χ4n) is 1.71. The number of nitrogens with one attached hydrogen (secondary N) is 1. The maximum absolute atomic E-state index is 10.4. The molecule has 0 heterocycles. The molecule has 0 aliphatic carbocycles. The second-order valence-electron chi connectivity index (χ2n) is 3.85. The molecule has 0 aromatic heterocycles. The van der Waals surface area contributed by atoms with Crippen molar-refractivity contribution in [3.63, 3.8) is 0 Å². The van der Waals surface area contributed by atoms with Crippen molar-refractivity contribution in [3.05, 3.63) is 17.7 Å². The first-order chi connectivity index (χ1) is 9.12. The van der Waals surface area contributed by atoms with Gasteiger partial charge in [0.1, 0.15) is 0 Å². The molecule has 0 atom stereocenters. The first-order valence-corrected chi connectivity index (χ1v) is 5.83. The summed E-state index contributed by atoms with van der Waals surface area (Å²) < 4.78 is 15.7. The molecule has 0 amide bonds. The van der Waals surface area contributed by atoms with Crippen molar-refractivity contribution < 1.29 is 24.1 Å². The average Bonchev–Trinajstić information content (AvgIpc) is 2.42. The summed E-state index contributed by atoms with van der Waals surface area (Å²) in [4.78, 5) is 10.4. The Morgan fingerprint density at radius 1 is 1.16 bits per heavy atom. The molecule has 0 radical (unpaired) electrons. The smallest absolute Gasteiger partial charge is 0.317 e. The number of rotatable bonds is 8. The van der Waals surface area contributed by atoms with Crippen LogP contribution in [0.25, 0.3) is 0 Å². The fraction of sp³-hybridized carbons (Fsp3) is 0.462. The topological polar surface area (TPSA) is 77.0 Å². The molecule has 0 spiro atoms. The summed E-state index contributed by atoms with van der Waals surface area (Å²) in [6, 6.07) is 3.70. The highest BCUT2D eigenvalue weighted by atomic mass is 16.5. The zero-order valence-corrected chi connectivity index (χ0v) is 11.4. The zero-order valence-electron chi connectivity index (χ0n) is 11.4. The van der Waals surface area contributed by atoms with E-state index in [1.54, 1.807) is 21.3 Å². The van der Waals surface area contributed by atoms with Gasteiger partial charge in [-0.1, -0.05) is 0 Å². The van der Waals surface area contributed by atoms with Crippen LogP contribution in [0.5, 0.6) is 17.2 Å². The van der Waals surface area contributed by atoms with Gasteiger partial charge in [0.25, 0.3) is 0 Å². The largest absolute Gasteiger partial charge is 0.493 e. The first-order valence-electron chi connectivity index (χ1n) is 5.83. The van der Waals surface area contributed by atoms with Gasteiger partial charge in [0.15, 0.2) is 11.5 Å². The lowest BCUT2D eigenvalue weighted by Gasteiger charge is -2.14. The van der Waals surface area contributed by atoms with Crippen molar-refractivity contribution in [1.82, 2.24) is 5.32 Å². The molecule has 0 fully saturated rings. The SMILES string of the molecule is COc1cc(CCNCC(=O)O)cc(OC)c1OC. The number of carboxylic acids is 1. The van der Waals surface area contributed by atoms with Crippen molar-refractivity contribution in [3.8, 4) is 17.2 Å². The number of hydrogen-bond donors (Lipinski definition) is 2. The van der Waals surface area contributed by atoms with Crippen LogP contribution in [-0.2, 0) is 11.2 Å². The van der Waals surface area contributed by atoms with Gasteiger partial charge >= 0.3 is 5.97 Å². The molecule has 1 rings (SSSR count). The lowest BCUT2D eigenvalue weighted by molar-refractivity contribution is -0.135. The second-order valence-corrected chi connectivity index (χ2v) is 3.85. The Bertz CT molecular complexity index is 408. The van der Waals surface area contributed by atoms with Gasteiger partial charge < -0.3 is 24.6 Å². The van der Waals surface area contributed by atoms with Crippen molar-refractivity contribution in [2.45, 2.75) is 6.42 Å². The van der Waals surface area contributed by atoms with Gasteiger partial charge in [0.2, 0.25) is 5.75 Å². The van der Waals surface area contributed by atoms with Crippen LogP contribution < -0.4 is 19.5 Å². The van der Waals surface area contributed by atoms with E-state index in [1.807, 2.05) is 12.1 Å². The van der Waals surface area contributed by atoms with Crippen molar-refractivity contribution >= 4 is 5.97 Å². The summed E-state index contributed by atoms with van der Waals surface area (Å²) in [5, 5.41) is 11.3. The fourth-order valence-corrected chi connectivity index (χ4v) is 1.71. The zero-order chi connectivity index (χ0) is 14.3. The minimum absolute atomic E-state index is 0.0512. The monoisotopic (exact) mass is 269 g/mol. The Morgan fingerprint density at radius 3 is 2.16 bits per heavy atom. The van der Waals surface area contributed by atoms with Crippen molar-refractivity contribution in [2.24, 2.45) is 0 Å². The molecule has 19 heavy (non-hydrogen) atoms. The Balaban J connectivity index is 2.76. The Labute approximate surface area is 112 Å². The number of hydrogen-bond acceptors (Lipinski definition) is 5. The van der Waals surface area contributed by atoms with E-state index in [1.165, 1.54) is 0 Å². The number of carboxylic acid groups (broad SMARTS) is 1. The average molecular weight is 269 g/mol. The predicted octanol–water partition coefficient (Wildman–Crippen LogP) is 0.929. The minimum atomic E-state index is -0.870. The van der Waals surface area contributed by atoms with E-state index in [4.69, 9.17) is 19.3 Å². The van der Waals surface area contributed by atoms with Gasteiger partial charge in [0, 0.05) is 0 Å². The van der Waals surface area contributed by atoms with E-state index < -0.39 is 5.97 Å². The summed E-state index contributed by atoms with van der Waals surface area (Å²) in [7, 11) is 4.67. The number of benzene rings is 1. The summed E-state index contributed by atoms with van der Waals surface area (Å²) in [5.74, 6) is 0.863. The lowest BCUT2D eigenvalue weighted by Crippen LogP contribution is -2.24. The number of methoxy groups -OCH3 is 3. The van der Waals surface area contributed by atoms with Crippen LogP contribution >= 0.6 is 0 Å². The predicted molar refractivity (Wildman–Crippen MR) is 70.3 cm³/mol. The molecule has 2 N–H and O–H groups in total. The quantitative estimate of drug-likeness (QED) is 0.684. The molecule has 6 nitrogen and oxygen atoms in total. The minimum Gasteiger partial charge on any atom is -0.493 e. The van der Waals surface area contributed by atoms with E-state index >= 15 is 0 Å². The second kappa shape index (κ2) is 7.48. The van der Waals surface area contributed by atoms with E-state index in [2.05, 4.69) is 5.32 Å². The third-order valence-electron chi connectivity index (χ3n) is 2.59. The van der Waals surface area contributed by atoms with E-state index in [0.29, 0.717) is 30.2 Å². The van der Waals surface area contributed by atoms with E-state index in [0.717, 1.165) is 5.56 Å². The van der Waals surface area contributed by atoms with Crippen LogP contribution in [0.4, 0.5) is 0 Å². The molecule has 0 saturated carbocycles. The van der Waals surface area contributed by atoms with Gasteiger partial charge in [-0.15, -0.1) is 0 Å². The molecular weight excluding hydrogens is 250 g/mol. The van der Waals surface area contributed by atoms with Gasteiger partial charge in [-0.2, -0.15) is 0 Å². The van der Waals surface area contributed by atoms with E-state index in [9.17, 15) is 4.79 Å². The molecule has 106 valence electrons. The molecule has 0 unspecified atom stereocenters.